The lowest BCUT2D eigenvalue weighted by atomic mass is 10.1. The number of alkyl halides is 3. The van der Waals surface area contributed by atoms with E-state index in [9.17, 15) is 18.0 Å². The second-order valence-electron chi connectivity index (χ2n) is 11.7. The van der Waals surface area contributed by atoms with Crippen molar-refractivity contribution in [2.45, 2.75) is 38.0 Å². The number of ether oxygens (including phenoxy) is 1. The Morgan fingerprint density at radius 3 is 2.46 bits per heavy atom. The van der Waals surface area contributed by atoms with Crippen LogP contribution in [0.2, 0.25) is 0 Å². The molecule has 0 radical (unpaired) electrons. The van der Waals surface area contributed by atoms with Crippen LogP contribution in [0.5, 0.6) is 5.88 Å². The Morgan fingerprint density at radius 2 is 1.78 bits per heavy atom. The summed E-state index contributed by atoms with van der Waals surface area (Å²) in [7, 11) is 3.07. The van der Waals surface area contributed by atoms with Gasteiger partial charge in [0.1, 0.15) is 23.4 Å². The first-order chi connectivity index (χ1) is 22.2. The number of aryl methyl sites for hydroxylation is 1. The number of nitrogens with zero attached hydrogens (tertiary/aromatic N) is 8. The number of methoxy groups -OCH3 is 1. The Labute approximate surface area is 262 Å². The van der Waals surface area contributed by atoms with Crippen LogP contribution >= 0.6 is 0 Å². The summed E-state index contributed by atoms with van der Waals surface area (Å²) in [6.07, 6.45) is 1.65. The first-order valence-electron chi connectivity index (χ1n) is 15.1. The molecule has 1 aliphatic heterocycles. The molecule has 1 aliphatic carbocycles. The van der Waals surface area contributed by atoms with Gasteiger partial charge in [-0.15, -0.1) is 0 Å². The minimum atomic E-state index is -4.54. The molecule has 14 heteroatoms. The molecular weight excluding hydrogens is 599 g/mol. The van der Waals surface area contributed by atoms with Crippen LogP contribution in [-0.2, 0) is 26.3 Å². The quantitative estimate of drug-likeness (QED) is 0.271. The summed E-state index contributed by atoms with van der Waals surface area (Å²) in [5, 5.41) is 4.05. The zero-order valence-electron chi connectivity index (χ0n) is 25.4. The lowest BCUT2D eigenvalue weighted by molar-refractivity contribution is -0.140. The van der Waals surface area contributed by atoms with Crippen LogP contribution in [0, 0.1) is 0 Å². The number of aromatic nitrogens is 7. The summed E-state index contributed by atoms with van der Waals surface area (Å²) in [6.45, 7) is 4.04. The standard InChI is InChI=1S/C32H32F3N9O2/c1-42-17-24(32(33,34)35)40-28(42)21-5-3-19(4-6-21)15-44-29-22(13-23(31(44)45)16-43-11-9-36-10-12-43)14-37-27(41-29)25-26(20-7-8-20)38-18-39-30(25)46-2/h3-6,13-14,17-18,20,36H,7-12,15-16H2,1-2H3. The summed E-state index contributed by atoms with van der Waals surface area (Å²) in [6, 6.07) is 8.87. The van der Waals surface area contributed by atoms with E-state index in [4.69, 9.17) is 14.7 Å². The maximum Gasteiger partial charge on any atom is 0.434 e. The van der Waals surface area contributed by atoms with Gasteiger partial charge in [-0.2, -0.15) is 13.2 Å². The maximum absolute atomic E-state index is 14.1. The fourth-order valence-electron chi connectivity index (χ4n) is 5.94. The molecule has 2 fully saturated rings. The number of pyridine rings is 1. The molecule has 5 aromatic rings. The van der Waals surface area contributed by atoms with Crippen molar-refractivity contribution in [2.24, 2.45) is 7.05 Å². The Hall–Kier alpha value is -4.69. The summed E-state index contributed by atoms with van der Waals surface area (Å²) in [5.41, 5.74) is 2.72. The molecule has 7 rings (SSSR count). The molecule has 0 amide bonds. The third kappa shape index (κ3) is 5.85. The monoisotopic (exact) mass is 631 g/mol. The molecule has 0 atom stereocenters. The topological polar surface area (TPSA) is 116 Å². The SMILES string of the molecule is COc1ncnc(C2CC2)c1-c1ncc2cc(CN3CCNCC3)c(=O)n(Cc3ccc(-c4nc(C(F)(F)F)cn4C)cc3)c2n1. The molecule has 0 unspecified atom stereocenters. The van der Waals surface area contributed by atoms with Gasteiger partial charge in [-0.3, -0.25) is 14.3 Å². The normalized spacial score (nSPS) is 15.8. The summed E-state index contributed by atoms with van der Waals surface area (Å²) in [4.78, 5) is 38.6. The molecule has 1 aromatic carbocycles. The highest BCUT2D eigenvalue weighted by Crippen LogP contribution is 2.45. The fourth-order valence-corrected chi connectivity index (χ4v) is 5.94. The van der Waals surface area contributed by atoms with Gasteiger partial charge in [-0.25, -0.2) is 24.9 Å². The number of rotatable bonds is 8. The van der Waals surface area contributed by atoms with Crippen molar-refractivity contribution < 1.29 is 17.9 Å². The van der Waals surface area contributed by atoms with Gasteiger partial charge in [0.15, 0.2) is 11.5 Å². The number of nitrogens with one attached hydrogen (secondary N) is 1. The van der Waals surface area contributed by atoms with Crippen LogP contribution in [0.1, 0.15) is 41.3 Å². The van der Waals surface area contributed by atoms with Crippen LogP contribution in [0.4, 0.5) is 13.2 Å². The third-order valence-corrected chi connectivity index (χ3v) is 8.45. The van der Waals surface area contributed by atoms with Crippen molar-refractivity contribution in [3.8, 4) is 28.7 Å². The largest absolute Gasteiger partial charge is 0.480 e. The number of imidazole rings is 1. The zero-order chi connectivity index (χ0) is 32.0. The highest BCUT2D eigenvalue weighted by atomic mass is 19.4. The Morgan fingerprint density at radius 1 is 1.02 bits per heavy atom. The zero-order valence-corrected chi connectivity index (χ0v) is 25.4. The first kappa shape index (κ1) is 30.0. The number of fused-ring (bicyclic) bond motifs is 1. The van der Waals surface area contributed by atoms with Gasteiger partial charge in [0.05, 0.1) is 19.3 Å². The summed E-state index contributed by atoms with van der Waals surface area (Å²) >= 11 is 0. The summed E-state index contributed by atoms with van der Waals surface area (Å²) < 4.78 is 48.3. The van der Waals surface area contributed by atoms with Crippen molar-refractivity contribution in [2.75, 3.05) is 33.3 Å². The predicted octanol–water partition coefficient (Wildman–Crippen LogP) is 4.01. The van der Waals surface area contributed by atoms with E-state index < -0.39 is 11.9 Å². The molecule has 4 aromatic heterocycles. The van der Waals surface area contributed by atoms with Gasteiger partial charge in [-0.05, 0) is 24.5 Å². The molecule has 1 N–H and O–H groups in total. The third-order valence-electron chi connectivity index (χ3n) is 8.45. The van der Waals surface area contributed by atoms with E-state index >= 15 is 0 Å². The Kier molecular flexibility index (Phi) is 7.77. The fraction of sp³-hybridized carbons (Fsp3) is 0.375. The molecular formula is C32H32F3N9O2. The minimum Gasteiger partial charge on any atom is -0.480 e. The van der Waals surface area contributed by atoms with E-state index in [1.807, 2.05) is 6.07 Å². The first-order valence-corrected chi connectivity index (χ1v) is 15.1. The van der Waals surface area contributed by atoms with E-state index in [1.165, 1.54) is 17.9 Å². The second kappa shape index (κ2) is 11.9. The molecule has 46 heavy (non-hydrogen) atoms. The van der Waals surface area contributed by atoms with Gasteiger partial charge in [-0.1, -0.05) is 24.3 Å². The number of benzene rings is 1. The smallest absolute Gasteiger partial charge is 0.434 e. The van der Waals surface area contributed by atoms with Crippen molar-refractivity contribution >= 4 is 11.0 Å². The molecule has 5 heterocycles. The molecule has 11 nitrogen and oxygen atoms in total. The Balaban J connectivity index is 1.30. The maximum atomic E-state index is 14.1. The molecule has 1 saturated carbocycles. The van der Waals surface area contributed by atoms with Crippen LogP contribution in [0.25, 0.3) is 33.8 Å². The minimum absolute atomic E-state index is 0.169. The van der Waals surface area contributed by atoms with Crippen molar-refractivity contribution in [3.05, 3.63) is 81.9 Å². The van der Waals surface area contributed by atoms with E-state index in [-0.39, 0.29) is 23.8 Å². The van der Waals surface area contributed by atoms with E-state index in [0.717, 1.165) is 56.5 Å². The van der Waals surface area contributed by atoms with Crippen LogP contribution < -0.4 is 15.6 Å². The van der Waals surface area contributed by atoms with Gasteiger partial charge in [0, 0.05) is 74.6 Å². The van der Waals surface area contributed by atoms with Gasteiger partial charge < -0.3 is 14.6 Å². The Bertz CT molecular complexity index is 1960. The van der Waals surface area contributed by atoms with Crippen LogP contribution in [0.3, 0.4) is 0 Å². The lowest BCUT2D eigenvalue weighted by Crippen LogP contribution is -2.44. The van der Waals surface area contributed by atoms with Gasteiger partial charge in [0.2, 0.25) is 5.88 Å². The lowest BCUT2D eigenvalue weighted by Gasteiger charge is -2.27. The molecule has 0 bridgehead atoms. The van der Waals surface area contributed by atoms with E-state index in [1.54, 1.807) is 42.1 Å². The molecule has 1 saturated heterocycles. The van der Waals surface area contributed by atoms with Crippen molar-refractivity contribution in [3.63, 3.8) is 0 Å². The predicted molar refractivity (Wildman–Crippen MR) is 164 cm³/mol. The number of hydrogen-bond donors (Lipinski definition) is 1. The highest BCUT2D eigenvalue weighted by Gasteiger charge is 2.35. The van der Waals surface area contributed by atoms with Crippen LogP contribution in [0.15, 0.2) is 53.8 Å². The van der Waals surface area contributed by atoms with Crippen LogP contribution in [-0.4, -0.2) is 72.2 Å². The molecule has 238 valence electrons. The second-order valence-corrected chi connectivity index (χ2v) is 11.7. The van der Waals surface area contributed by atoms with Gasteiger partial charge >= 0.3 is 6.18 Å². The summed E-state index contributed by atoms with van der Waals surface area (Å²) in [5.74, 6) is 1.22. The number of hydrogen-bond acceptors (Lipinski definition) is 9. The van der Waals surface area contributed by atoms with Gasteiger partial charge in [0.25, 0.3) is 5.56 Å². The average Bonchev–Trinajstić information content (AvgIpc) is 3.83. The van der Waals surface area contributed by atoms with Crippen molar-refractivity contribution in [1.29, 1.82) is 0 Å². The van der Waals surface area contributed by atoms with E-state index in [2.05, 4.69) is 25.2 Å². The average molecular weight is 632 g/mol. The van der Waals surface area contributed by atoms with E-state index in [0.29, 0.717) is 46.0 Å². The molecule has 0 spiro atoms. The highest BCUT2D eigenvalue weighted by molar-refractivity contribution is 5.78. The number of piperazine rings is 1. The van der Waals surface area contributed by atoms with Crippen molar-refractivity contribution in [1.82, 2.24) is 44.3 Å². The molecule has 2 aliphatic rings. The number of halogens is 3.